The first kappa shape index (κ1) is 13.1. The Bertz CT molecular complexity index is 390. The Balaban J connectivity index is 1.62. The van der Waals surface area contributed by atoms with Gasteiger partial charge in [0.2, 0.25) is 5.91 Å². The number of thiophene rings is 1. The third-order valence-corrected chi connectivity index (χ3v) is 4.65. The van der Waals surface area contributed by atoms with Crippen molar-refractivity contribution in [3.05, 3.63) is 20.8 Å². The summed E-state index contributed by atoms with van der Waals surface area (Å²) in [4.78, 5) is 12.7. The smallest absolute Gasteiger partial charge is 0.223 e. The maximum atomic E-state index is 11.4. The van der Waals surface area contributed by atoms with E-state index in [-0.39, 0.29) is 5.91 Å². The minimum absolute atomic E-state index is 0.221. The van der Waals surface area contributed by atoms with Crippen LogP contribution in [0.1, 0.15) is 30.7 Å². The van der Waals surface area contributed by atoms with Crippen LogP contribution in [-0.4, -0.2) is 19.0 Å². The fourth-order valence-corrected chi connectivity index (χ4v) is 3.08. The molecule has 0 aliphatic heterocycles. The van der Waals surface area contributed by atoms with Crippen molar-refractivity contribution in [2.75, 3.05) is 13.1 Å². The predicted molar refractivity (Wildman–Crippen MR) is 74.2 cm³/mol. The summed E-state index contributed by atoms with van der Waals surface area (Å²) in [5.41, 5.74) is 0. The number of rotatable bonds is 6. The van der Waals surface area contributed by atoms with Crippen LogP contribution in [0.4, 0.5) is 0 Å². The third-order valence-electron chi connectivity index (χ3n) is 2.84. The lowest BCUT2D eigenvalue weighted by molar-refractivity contribution is -0.122. The predicted octanol–water partition coefficient (Wildman–Crippen LogP) is 2.69. The summed E-state index contributed by atoms with van der Waals surface area (Å²) < 4.78 is 1.16. The van der Waals surface area contributed by atoms with Crippen LogP contribution in [0.25, 0.3) is 0 Å². The van der Waals surface area contributed by atoms with Crippen LogP contribution in [0.2, 0.25) is 0 Å². The van der Waals surface area contributed by atoms with Crippen LogP contribution in [0, 0.1) is 5.92 Å². The average molecular weight is 317 g/mol. The molecular weight excluding hydrogens is 300 g/mol. The molecule has 0 spiro atoms. The molecule has 1 heterocycles. The zero-order chi connectivity index (χ0) is 12.3. The maximum Gasteiger partial charge on any atom is 0.223 e. The highest BCUT2D eigenvalue weighted by Crippen LogP contribution is 2.28. The normalized spacial score (nSPS) is 16.8. The molecule has 1 unspecified atom stereocenters. The summed E-state index contributed by atoms with van der Waals surface area (Å²) in [5.74, 6) is 0.527. The SMILES string of the molecule is CC(NCCNC(=O)C1CC1)c1ccc(Br)s1. The van der Waals surface area contributed by atoms with Gasteiger partial charge < -0.3 is 10.6 Å². The third kappa shape index (κ3) is 4.08. The molecular formula is C12H17BrN2OS. The Hall–Kier alpha value is -0.390. The fraction of sp³-hybridized carbons (Fsp3) is 0.583. The van der Waals surface area contributed by atoms with Gasteiger partial charge in [0, 0.05) is 29.9 Å². The summed E-state index contributed by atoms with van der Waals surface area (Å²) in [6, 6.07) is 4.52. The van der Waals surface area contributed by atoms with Gasteiger partial charge in [-0.05, 0) is 47.8 Å². The monoisotopic (exact) mass is 316 g/mol. The Morgan fingerprint density at radius 1 is 1.53 bits per heavy atom. The van der Waals surface area contributed by atoms with E-state index in [9.17, 15) is 4.79 Å². The number of hydrogen-bond acceptors (Lipinski definition) is 3. The molecule has 1 aliphatic carbocycles. The van der Waals surface area contributed by atoms with Crippen molar-refractivity contribution < 1.29 is 4.79 Å². The number of carbonyl (C=O) groups is 1. The number of nitrogens with one attached hydrogen (secondary N) is 2. The Kier molecular flexibility index (Phi) is 4.59. The van der Waals surface area contributed by atoms with Gasteiger partial charge in [0.1, 0.15) is 0 Å². The molecule has 2 N–H and O–H groups in total. The lowest BCUT2D eigenvalue weighted by Crippen LogP contribution is -2.33. The van der Waals surface area contributed by atoms with Gasteiger partial charge in [-0.1, -0.05) is 0 Å². The second kappa shape index (κ2) is 5.98. The van der Waals surface area contributed by atoms with Gasteiger partial charge in [-0.2, -0.15) is 0 Å². The van der Waals surface area contributed by atoms with Crippen LogP contribution in [0.3, 0.4) is 0 Å². The van der Waals surface area contributed by atoms with Crippen molar-refractivity contribution in [2.45, 2.75) is 25.8 Å². The molecule has 1 fully saturated rings. The number of halogens is 1. The molecule has 94 valence electrons. The Labute approximate surface area is 114 Å². The molecule has 0 bridgehead atoms. The second-order valence-electron chi connectivity index (χ2n) is 4.38. The van der Waals surface area contributed by atoms with E-state index in [1.807, 2.05) is 0 Å². The van der Waals surface area contributed by atoms with Gasteiger partial charge in [0.15, 0.2) is 0 Å². The first-order valence-electron chi connectivity index (χ1n) is 5.93. The highest BCUT2D eigenvalue weighted by atomic mass is 79.9. The van der Waals surface area contributed by atoms with E-state index in [0.717, 1.165) is 23.2 Å². The largest absolute Gasteiger partial charge is 0.355 e. The fourth-order valence-electron chi connectivity index (χ4n) is 1.63. The highest BCUT2D eigenvalue weighted by Gasteiger charge is 2.28. The molecule has 1 saturated carbocycles. The average Bonchev–Trinajstić information content (AvgIpc) is 3.07. The summed E-state index contributed by atoms with van der Waals surface area (Å²) in [7, 11) is 0. The van der Waals surface area contributed by atoms with E-state index in [2.05, 4.69) is 45.6 Å². The van der Waals surface area contributed by atoms with Crippen molar-refractivity contribution in [3.8, 4) is 0 Å². The molecule has 1 amide bonds. The molecule has 2 rings (SSSR count). The first-order chi connectivity index (χ1) is 8.16. The van der Waals surface area contributed by atoms with E-state index in [4.69, 9.17) is 0 Å². The number of carbonyl (C=O) groups excluding carboxylic acids is 1. The van der Waals surface area contributed by atoms with Crippen molar-refractivity contribution >= 4 is 33.2 Å². The standard InChI is InChI=1S/C12H17BrN2OS/c1-8(10-4-5-11(13)17-10)14-6-7-15-12(16)9-2-3-9/h4-5,8-9,14H,2-3,6-7H2,1H3,(H,15,16). The maximum absolute atomic E-state index is 11.4. The minimum Gasteiger partial charge on any atom is -0.355 e. The lowest BCUT2D eigenvalue weighted by atomic mass is 10.3. The molecule has 1 aliphatic rings. The minimum atomic E-state index is 0.221. The second-order valence-corrected chi connectivity index (χ2v) is 6.88. The van der Waals surface area contributed by atoms with Gasteiger partial charge in [-0.15, -0.1) is 11.3 Å². The molecule has 0 aromatic carbocycles. The topological polar surface area (TPSA) is 41.1 Å². The van der Waals surface area contributed by atoms with Crippen LogP contribution in [0.5, 0.6) is 0 Å². The summed E-state index contributed by atoms with van der Waals surface area (Å²) >= 11 is 5.20. The van der Waals surface area contributed by atoms with Gasteiger partial charge in [0.25, 0.3) is 0 Å². The summed E-state index contributed by atoms with van der Waals surface area (Å²) in [6.45, 7) is 3.67. The van der Waals surface area contributed by atoms with E-state index < -0.39 is 0 Å². The van der Waals surface area contributed by atoms with Crippen LogP contribution < -0.4 is 10.6 Å². The molecule has 1 aromatic heterocycles. The van der Waals surface area contributed by atoms with E-state index in [0.29, 0.717) is 18.5 Å². The van der Waals surface area contributed by atoms with Gasteiger partial charge >= 0.3 is 0 Å². The van der Waals surface area contributed by atoms with Crippen molar-refractivity contribution in [1.29, 1.82) is 0 Å². The molecule has 0 saturated heterocycles. The zero-order valence-corrected chi connectivity index (χ0v) is 12.2. The number of hydrogen-bond donors (Lipinski definition) is 2. The molecule has 5 heteroatoms. The van der Waals surface area contributed by atoms with Crippen molar-refractivity contribution in [2.24, 2.45) is 5.92 Å². The first-order valence-corrected chi connectivity index (χ1v) is 7.54. The zero-order valence-electron chi connectivity index (χ0n) is 9.83. The van der Waals surface area contributed by atoms with Crippen LogP contribution in [0.15, 0.2) is 15.9 Å². The lowest BCUT2D eigenvalue weighted by Gasteiger charge is -2.12. The Morgan fingerprint density at radius 2 is 2.29 bits per heavy atom. The highest BCUT2D eigenvalue weighted by molar-refractivity contribution is 9.11. The quantitative estimate of drug-likeness (QED) is 0.792. The molecule has 17 heavy (non-hydrogen) atoms. The van der Waals surface area contributed by atoms with Crippen molar-refractivity contribution in [3.63, 3.8) is 0 Å². The van der Waals surface area contributed by atoms with E-state index in [1.54, 1.807) is 11.3 Å². The molecule has 3 nitrogen and oxygen atoms in total. The van der Waals surface area contributed by atoms with Crippen molar-refractivity contribution in [1.82, 2.24) is 10.6 Å². The molecule has 0 radical (unpaired) electrons. The van der Waals surface area contributed by atoms with Gasteiger partial charge in [-0.3, -0.25) is 4.79 Å². The van der Waals surface area contributed by atoms with Gasteiger partial charge in [-0.25, -0.2) is 0 Å². The number of amides is 1. The van der Waals surface area contributed by atoms with E-state index in [1.165, 1.54) is 4.88 Å². The van der Waals surface area contributed by atoms with Gasteiger partial charge in [0.05, 0.1) is 3.79 Å². The molecule has 1 aromatic rings. The van der Waals surface area contributed by atoms with E-state index >= 15 is 0 Å². The van der Waals surface area contributed by atoms with Crippen LogP contribution >= 0.6 is 27.3 Å². The molecule has 1 atom stereocenters. The van der Waals surface area contributed by atoms with Crippen LogP contribution in [-0.2, 0) is 4.79 Å². The summed E-state index contributed by atoms with van der Waals surface area (Å²) in [6.07, 6.45) is 2.14. The Morgan fingerprint density at radius 3 is 2.88 bits per heavy atom. The summed E-state index contributed by atoms with van der Waals surface area (Å²) in [5, 5.41) is 6.35.